The van der Waals surface area contributed by atoms with Crippen LogP contribution in [-0.4, -0.2) is 37.7 Å². The van der Waals surface area contributed by atoms with E-state index < -0.39 is 5.92 Å². The molecule has 1 aromatic carbocycles. The van der Waals surface area contributed by atoms with Gasteiger partial charge in [-0.1, -0.05) is 49.9 Å². The summed E-state index contributed by atoms with van der Waals surface area (Å²) in [5, 5.41) is 11.3. The highest BCUT2D eigenvalue weighted by Gasteiger charge is 2.27. The quantitative estimate of drug-likeness (QED) is 0.149. The maximum atomic E-state index is 14.4. The minimum atomic E-state index is -3.08. The van der Waals surface area contributed by atoms with E-state index in [0.717, 1.165) is 48.4 Å². The first kappa shape index (κ1) is 30.4. The summed E-state index contributed by atoms with van der Waals surface area (Å²) >= 11 is 0. The van der Waals surface area contributed by atoms with Gasteiger partial charge in [0.05, 0.1) is 12.6 Å². The number of alkyl halides is 2. The molecule has 0 radical (unpaired) electrons. The first-order chi connectivity index (χ1) is 18.0. The van der Waals surface area contributed by atoms with Gasteiger partial charge in [-0.25, -0.2) is 8.78 Å². The molecule has 0 spiro atoms. The normalized spacial score (nSPS) is 17.9. The minimum Gasteiger partial charge on any atom is -0.399 e. The number of ether oxygens (including phenoxy) is 1. The predicted molar refractivity (Wildman–Crippen MR) is 154 cm³/mol. The van der Waals surface area contributed by atoms with Crippen LogP contribution in [-0.2, 0) is 11.2 Å². The van der Waals surface area contributed by atoms with Crippen molar-refractivity contribution in [3.05, 3.63) is 101 Å². The molecule has 1 heterocycles. The van der Waals surface area contributed by atoms with Gasteiger partial charge in [-0.2, -0.15) is 0 Å². The average molecular weight is 524 g/mol. The summed E-state index contributed by atoms with van der Waals surface area (Å²) in [5.74, 6) is -3.25. The predicted octanol–water partition coefficient (Wildman–Crippen LogP) is 5.81. The van der Waals surface area contributed by atoms with Crippen molar-refractivity contribution in [2.75, 3.05) is 13.2 Å². The van der Waals surface area contributed by atoms with Crippen molar-refractivity contribution in [3.8, 4) is 0 Å². The molecular formula is C30H39F2N5O. The van der Waals surface area contributed by atoms with Crippen LogP contribution in [0.5, 0.6) is 0 Å². The lowest BCUT2D eigenvalue weighted by Gasteiger charge is -2.21. The fraction of sp³-hybridized carbons (Fsp3) is 0.333. The molecule has 0 bridgehead atoms. The van der Waals surface area contributed by atoms with Gasteiger partial charge in [0.1, 0.15) is 5.84 Å². The van der Waals surface area contributed by atoms with Gasteiger partial charge in [0.15, 0.2) is 0 Å². The van der Waals surface area contributed by atoms with Crippen molar-refractivity contribution in [1.82, 2.24) is 5.32 Å². The van der Waals surface area contributed by atoms with Crippen molar-refractivity contribution in [3.63, 3.8) is 0 Å². The lowest BCUT2D eigenvalue weighted by atomic mass is 9.95. The molecule has 1 aromatic rings. The van der Waals surface area contributed by atoms with Crippen LogP contribution in [0.4, 0.5) is 8.78 Å². The molecule has 1 fully saturated rings. The monoisotopic (exact) mass is 523 g/mol. The Morgan fingerprint density at radius 2 is 1.95 bits per heavy atom. The first-order valence-electron chi connectivity index (χ1n) is 12.6. The molecule has 1 saturated heterocycles. The number of nitrogens with one attached hydrogen (secondary N) is 2. The zero-order valence-corrected chi connectivity index (χ0v) is 22.5. The van der Waals surface area contributed by atoms with E-state index in [2.05, 4.69) is 23.6 Å². The Labute approximate surface area is 224 Å². The third kappa shape index (κ3) is 8.95. The van der Waals surface area contributed by atoms with E-state index in [-0.39, 0.29) is 23.1 Å². The van der Waals surface area contributed by atoms with E-state index in [1.54, 1.807) is 6.08 Å². The fourth-order valence-corrected chi connectivity index (χ4v) is 4.01. The van der Waals surface area contributed by atoms with Crippen molar-refractivity contribution in [2.24, 2.45) is 16.5 Å². The summed E-state index contributed by atoms with van der Waals surface area (Å²) in [6.07, 6.45) is 10.2. The summed E-state index contributed by atoms with van der Waals surface area (Å²) in [4.78, 5) is 3.61. The molecule has 38 heavy (non-hydrogen) atoms. The van der Waals surface area contributed by atoms with Gasteiger partial charge in [0.25, 0.3) is 5.92 Å². The lowest BCUT2D eigenvalue weighted by Crippen LogP contribution is -2.30. The van der Waals surface area contributed by atoms with E-state index in [4.69, 9.17) is 21.6 Å². The summed E-state index contributed by atoms with van der Waals surface area (Å²) in [6, 6.07) is 7.89. The van der Waals surface area contributed by atoms with Gasteiger partial charge in [0.2, 0.25) is 0 Å². The molecule has 6 N–H and O–H groups in total. The van der Waals surface area contributed by atoms with E-state index in [1.807, 2.05) is 50.3 Å². The highest BCUT2D eigenvalue weighted by atomic mass is 19.3. The second-order valence-electron chi connectivity index (χ2n) is 9.17. The van der Waals surface area contributed by atoms with Gasteiger partial charge in [-0.15, -0.1) is 0 Å². The molecule has 0 aliphatic carbocycles. The molecule has 1 unspecified atom stereocenters. The van der Waals surface area contributed by atoms with Crippen LogP contribution >= 0.6 is 0 Å². The maximum absolute atomic E-state index is 14.4. The van der Waals surface area contributed by atoms with E-state index >= 15 is 0 Å². The molecule has 1 aliphatic heterocycles. The van der Waals surface area contributed by atoms with Crippen molar-refractivity contribution in [2.45, 2.75) is 52.0 Å². The van der Waals surface area contributed by atoms with Crippen LogP contribution in [0.25, 0.3) is 5.57 Å². The Bertz CT molecular complexity index is 1150. The number of amidine groups is 1. The standard InChI is InChI=1S/C30H39F2N5O/c1-6-8-28(37-26-13-14-38-19-26)24(16-25(18-36-5)30(4,31)32)15-21-9-11-23(12-10-21)22(7-2)17-27(20(3)33)29(34)35/h7-12,16-18,26,37H,3,5-6,13-15,19,33H2,1-2,4H3,(H3,34,35)/b22-7+,24-16+,25-18+,27-17+,28-8+. The number of nitrogens with zero attached hydrogens (tertiary/aromatic N) is 1. The number of aliphatic imine (C=N–C) groups is 1. The number of hydrogen-bond acceptors (Lipinski definition) is 5. The number of benzene rings is 1. The molecule has 6 nitrogen and oxygen atoms in total. The van der Waals surface area contributed by atoms with Gasteiger partial charge in [-0.3, -0.25) is 10.4 Å². The molecular weight excluding hydrogens is 484 g/mol. The molecule has 204 valence electrons. The smallest absolute Gasteiger partial charge is 0.272 e. The second kappa shape index (κ2) is 14.2. The van der Waals surface area contributed by atoms with Gasteiger partial charge >= 0.3 is 0 Å². The topological polar surface area (TPSA) is 110 Å². The van der Waals surface area contributed by atoms with Gasteiger partial charge in [0, 0.05) is 42.3 Å². The van der Waals surface area contributed by atoms with Crippen LogP contribution in [0, 0.1) is 5.41 Å². The highest BCUT2D eigenvalue weighted by Crippen LogP contribution is 2.29. The molecule has 0 amide bonds. The Kier molecular flexibility index (Phi) is 11.4. The summed E-state index contributed by atoms with van der Waals surface area (Å²) in [6.45, 7) is 13.0. The lowest BCUT2D eigenvalue weighted by molar-refractivity contribution is 0.0671. The molecule has 8 heteroatoms. The summed E-state index contributed by atoms with van der Waals surface area (Å²) < 4.78 is 34.3. The van der Waals surface area contributed by atoms with Crippen LogP contribution in [0.1, 0.15) is 44.7 Å². The Morgan fingerprint density at radius 3 is 2.42 bits per heavy atom. The van der Waals surface area contributed by atoms with Crippen molar-refractivity contribution < 1.29 is 13.5 Å². The van der Waals surface area contributed by atoms with Crippen LogP contribution in [0.2, 0.25) is 0 Å². The van der Waals surface area contributed by atoms with E-state index in [1.165, 1.54) is 6.08 Å². The van der Waals surface area contributed by atoms with Gasteiger partial charge < -0.3 is 21.5 Å². The Hall–Kier alpha value is -3.78. The van der Waals surface area contributed by atoms with E-state index in [0.29, 0.717) is 30.8 Å². The third-order valence-corrected chi connectivity index (χ3v) is 6.04. The first-order valence-corrected chi connectivity index (χ1v) is 12.6. The molecule has 1 atom stereocenters. The number of halogens is 2. The highest BCUT2D eigenvalue weighted by molar-refractivity contribution is 6.01. The zero-order chi connectivity index (χ0) is 28.3. The van der Waals surface area contributed by atoms with E-state index in [9.17, 15) is 8.78 Å². The number of nitrogens with two attached hydrogens (primary N) is 2. The minimum absolute atomic E-state index is 0.113. The summed E-state index contributed by atoms with van der Waals surface area (Å²) in [7, 11) is 0. The van der Waals surface area contributed by atoms with Crippen LogP contribution in [0.3, 0.4) is 0 Å². The third-order valence-electron chi connectivity index (χ3n) is 6.04. The maximum Gasteiger partial charge on any atom is 0.272 e. The number of rotatable bonds is 13. The second-order valence-corrected chi connectivity index (χ2v) is 9.17. The number of allylic oxidation sites excluding steroid dienone is 7. The summed E-state index contributed by atoms with van der Waals surface area (Å²) in [5.41, 5.74) is 16.0. The van der Waals surface area contributed by atoms with Crippen molar-refractivity contribution in [1.29, 1.82) is 5.41 Å². The number of hydrogen-bond donors (Lipinski definition) is 4. The van der Waals surface area contributed by atoms with Crippen LogP contribution in [0.15, 0.2) is 94.5 Å². The zero-order valence-electron chi connectivity index (χ0n) is 22.5. The SMILES string of the molecule is C=N\C=C(/C=C(Cc1ccc(C(/C=C(\C(=C)N)C(=N)N)=C/C)cc1)/C(=C\CC)NC1CCOC1)C(C)(F)F. The van der Waals surface area contributed by atoms with Crippen molar-refractivity contribution >= 4 is 18.1 Å². The molecule has 1 aliphatic rings. The molecule has 0 aromatic heterocycles. The fourth-order valence-electron chi connectivity index (χ4n) is 4.01. The Balaban J connectivity index is 2.48. The Morgan fingerprint density at radius 1 is 1.26 bits per heavy atom. The largest absolute Gasteiger partial charge is 0.399 e. The molecule has 0 saturated carbocycles. The van der Waals surface area contributed by atoms with Gasteiger partial charge in [-0.05, 0) is 67.3 Å². The van der Waals surface area contributed by atoms with Crippen LogP contribution < -0.4 is 16.8 Å². The molecule has 2 rings (SSSR count). The average Bonchev–Trinajstić information content (AvgIpc) is 3.36.